The second kappa shape index (κ2) is 9.20. The lowest BCUT2D eigenvalue weighted by Crippen LogP contribution is -2.48. The van der Waals surface area contributed by atoms with E-state index in [1.54, 1.807) is 0 Å². The van der Waals surface area contributed by atoms with Gasteiger partial charge in [-0.1, -0.05) is 35.5 Å². The topological polar surface area (TPSA) is 54.6 Å². The van der Waals surface area contributed by atoms with E-state index in [1.807, 2.05) is 42.5 Å². The first kappa shape index (κ1) is 19.6. The molecule has 0 bridgehead atoms. The minimum atomic E-state index is 0.552. The summed E-state index contributed by atoms with van der Waals surface area (Å²) in [5.74, 6) is 2.11. The van der Waals surface area contributed by atoms with Crippen LogP contribution in [0, 0.1) is 0 Å². The average Bonchev–Trinajstić information content (AvgIpc) is 3.22. The van der Waals surface area contributed by atoms with Crippen molar-refractivity contribution < 1.29 is 9.26 Å². The van der Waals surface area contributed by atoms with Gasteiger partial charge in [-0.25, -0.2) is 0 Å². The molecule has 1 aliphatic rings. The molecule has 6 nitrogen and oxygen atoms in total. The molecular weight excluding hydrogens is 364 g/mol. The van der Waals surface area contributed by atoms with Crippen LogP contribution in [0.4, 0.5) is 0 Å². The van der Waals surface area contributed by atoms with E-state index in [0.717, 1.165) is 43.1 Å². The number of benzene rings is 2. The maximum atomic E-state index is 5.84. The predicted molar refractivity (Wildman–Crippen MR) is 112 cm³/mol. The third-order valence-corrected chi connectivity index (χ3v) is 5.32. The molecule has 4 rings (SSSR count). The maximum Gasteiger partial charge on any atom is 0.241 e. The van der Waals surface area contributed by atoms with Crippen molar-refractivity contribution in [3.05, 3.63) is 66.1 Å². The van der Waals surface area contributed by atoms with Gasteiger partial charge in [0, 0.05) is 37.8 Å². The van der Waals surface area contributed by atoms with Gasteiger partial charge < -0.3 is 9.26 Å². The standard InChI is InChI=1S/C23H28N4O2/c1-18(2)27-14-12-26(13-15-27)16-22-24-23(25-29-22)20-8-10-21(11-9-20)28-17-19-6-4-3-5-7-19/h3-11,18H,12-17H2,1-2H3. The molecular formula is C23H28N4O2. The summed E-state index contributed by atoms with van der Waals surface area (Å²) in [6, 6.07) is 18.6. The molecule has 2 aromatic carbocycles. The highest BCUT2D eigenvalue weighted by molar-refractivity contribution is 5.55. The fraction of sp³-hybridized carbons (Fsp3) is 0.391. The van der Waals surface area contributed by atoms with Gasteiger partial charge in [-0.3, -0.25) is 9.80 Å². The highest BCUT2D eigenvalue weighted by atomic mass is 16.5. The van der Waals surface area contributed by atoms with Crippen LogP contribution in [-0.4, -0.2) is 52.2 Å². The Bertz CT molecular complexity index is 885. The summed E-state index contributed by atoms with van der Waals surface area (Å²) >= 11 is 0. The first-order valence-electron chi connectivity index (χ1n) is 10.2. The second-order valence-corrected chi connectivity index (χ2v) is 7.72. The monoisotopic (exact) mass is 392 g/mol. The van der Waals surface area contributed by atoms with Crippen molar-refractivity contribution in [2.24, 2.45) is 0 Å². The molecule has 0 unspecified atom stereocenters. The van der Waals surface area contributed by atoms with Crippen LogP contribution >= 0.6 is 0 Å². The molecule has 1 saturated heterocycles. The molecule has 1 fully saturated rings. The molecule has 0 amide bonds. The van der Waals surface area contributed by atoms with Crippen LogP contribution in [0.15, 0.2) is 59.1 Å². The number of ether oxygens (including phenoxy) is 1. The number of hydrogen-bond donors (Lipinski definition) is 0. The molecule has 29 heavy (non-hydrogen) atoms. The largest absolute Gasteiger partial charge is 0.489 e. The van der Waals surface area contributed by atoms with E-state index in [-0.39, 0.29) is 0 Å². The summed E-state index contributed by atoms with van der Waals surface area (Å²) in [5.41, 5.74) is 2.07. The smallest absolute Gasteiger partial charge is 0.241 e. The lowest BCUT2D eigenvalue weighted by molar-refractivity contribution is 0.0960. The van der Waals surface area contributed by atoms with Crippen LogP contribution in [0.5, 0.6) is 5.75 Å². The quantitative estimate of drug-likeness (QED) is 0.609. The van der Waals surface area contributed by atoms with Gasteiger partial charge in [0.25, 0.3) is 0 Å². The molecule has 1 aliphatic heterocycles. The van der Waals surface area contributed by atoms with E-state index in [9.17, 15) is 0 Å². The van der Waals surface area contributed by atoms with E-state index in [2.05, 4.69) is 45.9 Å². The van der Waals surface area contributed by atoms with Crippen molar-refractivity contribution in [2.45, 2.75) is 33.0 Å². The van der Waals surface area contributed by atoms with E-state index in [1.165, 1.54) is 0 Å². The molecule has 0 spiro atoms. The number of nitrogens with zero attached hydrogens (tertiary/aromatic N) is 4. The third kappa shape index (κ3) is 5.22. The summed E-state index contributed by atoms with van der Waals surface area (Å²) in [4.78, 5) is 9.45. The molecule has 0 aliphatic carbocycles. The Labute approximate surface area is 172 Å². The normalized spacial score (nSPS) is 15.7. The lowest BCUT2D eigenvalue weighted by atomic mass is 10.2. The van der Waals surface area contributed by atoms with Crippen molar-refractivity contribution in [1.82, 2.24) is 19.9 Å². The maximum absolute atomic E-state index is 5.84. The Hall–Kier alpha value is -2.70. The molecule has 0 saturated carbocycles. The van der Waals surface area contributed by atoms with Crippen molar-refractivity contribution in [3.63, 3.8) is 0 Å². The second-order valence-electron chi connectivity index (χ2n) is 7.72. The van der Waals surface area contributed by atoms with Gasteiger partial charge in [0.15, 0.2) is 0 Å². The van der Waals surface area contributed by atoms with E-state index in [4.69, 9.17) is 9.26 Å². The summed E-state index contributed by atoms with van der Waals surface area (Å²) < 4.78 is 11.3. The number of aromatic nitrogens is 2. The number of rotatable bonds is 7. The Balaban J connectivity index is 1.31. The van der Waals surface area contributed by atoms with Gasteiger partial charge in [-0.2, -0.15) is 4.98 Å². The van der Waals surface area contributed by atoms with Gasteiger partial charge in [0.1, 0.15) is 12.4 Å². The van der Waals surface area contributed by atoms with Crippen molar-refractivity contribution in [3.8, 4) is 17.1 Å². The van der Waals surface area contributed by atoms with Gasteiger partial charge in [-0.15, -0.1) is 0 Å². The van der Waals surface area contributed by atoms with Crippen LogP contribution < -0.4 is 4.74 Å². The summed E-state index contributed by atoms with van der Waals surface area (Å²) in [6.45, 7) is 9.99. The summed E-state index contributed by atoms with van der Waals surface area (Å²) in [7, 11) is 0. The summed E-state index contributed by atoms with van der Waals surface area (Å²) in [6.07, 6.45) is 0. The first-order chi connectivity index (χ1) is 14.2. The molecule has 1 aromatic heterocycles. The Kier molecular flexibility index (Phi) is 6.22. The third-order valence-electron chi connectivity index (χ3n) is 5.32. The highest BCUT2D eigenvalue weighted by Gasteiger charge is 2.20. The van der Waals surface area contributed by atoms with Crippen LogP contribution in [0.3, 0.4) is 0 Å². The fourth-order valence-corrected chi connectivity index (χ4v) is 3.51. The molecule has 6 heteroatoms. The Morgan fingerprint density at radius 1 is 0.966 bits per heavy atom. The molecule has 0 atom stereocenters. The Morgan fingerprint density at radius 3 is 2.38 bits per heavy atom. The fourth-order valence-electron chi connectivity index (χ4n) is 3.51. The zero-order valence-electron chi connectivity index (χ0n) is 17.1. The molecule has 0 radical (unpaired) electrons. The van der Waals surface area contributed by atoms with Gasteiger partial charge in [0.05, 0.1) is 6.54 Å². The highest BCUT2D eigenvalue weighted by Crippen LogP contribution is 2.21. The van der Waals surface area contributed by atoms with Gasteiger partial charge in [0.2, 0.25) is 11.7 Å². The van der Waals surface area contributed by atoms with Crippen LogP contribution in [0.1, 0.15) is 25.3 Å². The van der Waals surface area contributed by atoms with Crippen molar-refractivity contribution >= 4 is 0 Å². The predicted octanol–water partition coefficient (Wildman–Crippen LogP) is 3.84. The van der Waals surface area contributed by atoms with E-state index in [0.29, 0.717) is 30.9 Å². The zero-order chi connectivity index (χ0) is 20.1. The molecule has 3 aromatic rings. The van der Waals surface area contributed by atoms with E-state index >= 15 is 0 Å². The van der Waals surface area contributed by atoms with Gasteiger partial charge in [-0.05, 0) is 43.7 Å². The van der Waals surface area contributed by atoms with Crippen LogP contribution in [0.2, 0.25) is 0 Å². The molecule has 0 N–H and O–H groups in total. The molecule has 152 valence electrons. The van der Waals surface area contributed by atoms with E-state index < -0.39 is 0 Å². The average molecular weight is 393 g/mol. The first-order valence-corrected chi connectivity index (χ1v) is 10.2. The van der Waals surface area contributed by atoms with Crippen LogP contribution in [-0.2, 0) is 13.2 Å². The number of piperazine rings is 1. The van der Waals surface area contributed by atoms with Crippen LogP contribution in [0.25, 0.3) is 11.4 Å². The minimum absolute atomic E-state index is 0.552. The zero-order valence-corrected chi connectivity index (χ0v) is 17.1. The number of hydrogen-bond acceptors (Lipinski definition) is 6. The SMILES string of the molecule is CC(C)N1CCN(Cc2nc(-c3ccc(OCc4ccccc4)cc3)no2)CC1. The van der Waals surface area contributed by atoms with Gasteiger partial charge >= 0.3 is 0 Å². The van der Waals surface area contributed by atoms with Crippen molar-refractivity contribution in [1.29, 1.82) is 0 Å². The lowest BCUT2D eigenvalue weighted by Gasteiger charge is -2.36. The summed E-state index contributed by atoms with van der Waals surface area (Å²) in [5, 5.41) is 4.15. The Morgan fingerprint density at radius 2 is 1.69 bits per heavy atom. The minimum Gasteiger partial charge on any atom is -0.489 e. The van der Waals surface area contributed by atoms with Crippen molar-refractivity contribution in [2.75, 3.05) is 26.2 Å². The molecule has 2 heterocycles.